The molecule has 0 radical (unpaired) electrons. The number of anilines is 1. The van der Waals surface area contributed by atoms with Crippen LogP contribution in [-0.2, 0) is 9.31 Å². The molecule has 1 unspecified atom stereocenters. The minimum Gasteiger partial charge on any atom is -0.399 e. The smallest absolute Gasteiger partial charge is 0.399 e. The normalized spacial score (nSPS) is 22.5. The van der Waals surface area contributed by atoms with Gasteiger partial charge in [-0.2, -0.15) is 0 Å². The molecule has 2 heterocycles. The monoisotopic (exact) mass is 263 g/mol. The molecular formula is C13H22BN3O2. The van der Waals surface area contributed by atoms with Gasteiger partial charge in [0, 0.05) is 17.7 Å². The van der Waals surface area contributed by atoms with E-state index < -0.39 is 18.3 Å². The fourth-order valence-corrected chi connectivity index (χ4v) is 2.12. The van der Waals surface area contributed by atoms with Crippen molar-refractivity contribution in [2.75, 3.05) is 5.73 Å². The van der Waals surface area contributed by atoms with Crippen LogP contribution in [0.15, 0.2) is 12.3 Å². The Morgan fingerprint density at radius 1 is 1.21 bits per heavy atom. The van der Waals surface area contributed by atoms with Crippen LogP contribution in [0.3, 0.4) is 0 Å². The summed E-state index contributed by atoms with van der Waals surface area (Å²) in [6, 6.07) is 1.71. The van der Waals surface area contributed by atoms with Crippen molar-refractivity contribution in [1.82, 2.24) is 4.98 Å². The van der Waals surface area contributed by atoms with E-state index in [2.05, 4.69) is 4.98 Å². The first kappa shape index (κ1) is 14.3. The zero-order valence-electron chi connectivity index (χ0n) is 12.2. The molecule has 5 nitrogen and oxygen atoms in total. The van der Waals surface area contributed by atoms with E-state index in [1.807, 2.05) is 40.7 Å². The van der Waals surface area contributed by atoms with Crippen molar-refractivity contribution < 1.29 is 9.31 Å². The predicted molar refractivity (Wildman–Crippen MR) is 77.0 cm³/mol. The van der Waals surface area contributed by atoms with Crippen LogP contribution in [0, 0.1) is 0 Å². The third kappa shape index (κ3) is 2.36. The van der Waals surface area contributed by atoms with Gasteiger partial charge in [-0.1, -0.05) is 0 Å². The van der Waals surface area contributed by atoms with E-state index in [0.717, 1.165) is 11.0 Å². The molecule has 1 fully saturated rings. The highest BCUT2D eigenvalue weighted by Crippen LogP contribution is 2.37. The number of pyridine rings is 1. The molecule has 0 aromatic carbocycles. The van der Waals surface area contributed by atoms with E-state index in [1.165, 1.54) is 0 Å². The van der Waals surface area contributed by atoms with Crippen LogP contribution in [0.25, 0.3) is 0 Å². The first-order valence-corrected chi connectivity index (χ1v) is 6.51. The number of nitrogens with zero attached hydrogens (tertiary/aromatic N) is 1. The van der Waals surface area contributed by atoms with Crippen LogP contribution in [0.1, 0.15) is 46.2 Å². The average molecular weight is 263 g/mol. The molecular weight excluding hydrogens is 241 g/mol. The third-order valence-corrected chi connectivity index (χ3v) is 4.03. The van der Waals surface area contributed by atoms with Gasteiger partial charge in [-0.05, 0) is 46.2 Å². The summed E-state index contributed by atoms with van der Waals surface area (Å²) < 4.78 is 12.0. The summed E-state index contributed by atoms with van der Waals surface area (Å²) in [4.78, 5) is 4.12. The minimum atomic E-state index is -0.528. The number of rotatable bonds is 2. The number of aromatic nitrogens is 1. The number of nitrogens with two attached hydrogens (primary N) is 2. The lowest BCUT2D eigenvalue weighted by Gasteiger charge is -2.32. The molecule has 4 N–H and O–H groups in total. The molecule has 1 aromatic heterocycles. The summed E-state index contributed by atoms with van der Waals surface area (Å²) in [5.74, 6) is 0.410. The van der Waals surface area contributed by atoms with Crippen molar-refractivity contribution in [3.8, 4) is 0 Å². The van der Waals surface area contributed by atoms with Gasteiger partial charge in [0.15, 0.2) is 0 Å². The van der Waals surface area contributed by atoms with Crippen molar-refractivity contribution in [2.24, 2.45) is 5.73 Å². The van der Waals surface area contributed by atoms with E-state index in [-0.39, 0.29) is 6.04 Å². The zero-order valence-corrected chi connectivity index (χ0v) is 12.2. The van der Waals surface area contributed by atoms with Gasteiger partial charge in [0.1, 0.15) is 5.82 Å². The van der Waals surface area contributed by atoms with Crippen molar-refractivity contribution in [3.63, 3.8) is 0 Å². The van der Waals surface area contributed by atoms with Gasteiger partial charge in [-0.25, -0.2) is 4.98 Å². The molecule has 1 aliphatic rings. The molecule has 1 saturated heterocycles. The molecule has 2 rings (SSSR count). The summed E-state index contributed by atoms with van der Waals surface area (Å²) in [5, 5.41) is 0. The summed E-state index contributed by atoms with van der Waals surface area (Å²) in [6.45, 7) is 9.93. The zero-order chi connectivity index (χ0) is 14.4. The first-order valence-electron chi connectivity index (χ1n) is 6.51. The second-order valence-electron chi connectivity index (χ2n) is 6.08. The Kier molecular flexibility index (Phi) is 3.37. The number of nitrogen functional groups attached to an aromatic ring is 1. The highest BCUT2D eigenvalue weighted by Gasteiger charge is 2.53. The van der Waals surface area contributed by atoms with Gasteiger partial charge in [-0.15, -0.1) is 0 Å². The summed E-state index contributed by atoms with van der Waals surface area (Å²) in [6.07, 6.45) is 1.66. The standard InChI is InChI=1S/C13H22BN3O2/c1-8(15)9-6-7-17-11(16)10(9)14-18-12(2,3)13(4,5)19-14/h6-8H,15H2,1-5H3,(H2,16,17). The number of hydrogen-bond donors (Lipinski definition) is 2. The molecule has 0 spiro atoms. The van der Waals surface area contributed by atoms with Gasteiger partial charge >= 0.3 is 7.12 Å². The molecule has 1 atom stereocenters. The van der Waals surface area contributed by atoms with Gasteiger partial charge < -0.3 is 20.8 Å². The predicted octanol–water partition coefficient (Wildman–Crippen LogP) is 0.983. The largest absolute Gasteiger partial charge is 0.498 e. The topological polar surface area (TPSA) is 83.4 Å². The summed E-state index contributed by atoms with van der Waals surface area (Å²) in [5.41, 5.74) is 12.8. The van der Waals surface area contributed by atoms with Crippen molar-refractivity contribution in [3.05, 3.63) is 17.8 Å². The Balaban J connectivity index is 2.45. The second kappa shape index (κ2) is 4.47. The first-order chi connectivity index (χ1) is 8.66. The molecule has 1 aliphatic heterocycles. The van der Waals surface area contributed by atoms with E-state index in [9.17, 15) is 0 Å². The Labute approximate surface area is 114 Å². The molecule has 0 aliphatic carbocycles. The molecule has 19 heavy (non-hydrogen) atoms. The lowest BCUT2D eigenvalue weighted by atomic mass is 9.75. The van der Waals surface area contributed by atoms with Crippen LogP contribution >= 0.6 is 0 Å². The van der Waals surface area contributed by atoms with Crippen LogP contribution in [0.4, 0.5) is 5.82 Å². The van der Waals surface area contributed by atoms with Gasteiger partial charge in [0.05, 0.1) is 11.2 Å². The third-order valence-electron chi connectivity index (χ3n) is 4.03. The van der Waals surface area contributed by atoms with Crippen LogP contribution in [0.2, 0.25) is 0 Å². The second-order valence-corrected chi connectivity index (χ2v) is 6.08. The van der Waals surface area contributed by atoms with Crippen molar-refractivity contribution in [2.45, 2.75) is 51.9 Å². The Morgan fingerprint density at radius 3 is 2.21 bits per heavy atom. The lowest BCUT2D eigenvalue weighted by molar-refractivity contribution is 0.00578. The Bertz CT molecular complexity index is 473. The summed E-state index contributed by atoms with van der Waals surface area (Å²) >= 11 is 0. The molecule has 1 aromatic rings. The van der Waals surface area contributed by atoms with Gasteiger partial charge in [0.2, 0.25) is 0 Å². The Morgan fingerprint density at radius 2 is 1.74 bits per heavy atom. The maximum Gasteiger partial charge on any atom is 0.498 e. The van der Waals surface area contributed by atoms with Crippen LogP contribution in [-0.4, -0.2) is 23.3 Å². The molecule has 0 bridgehead atoms. The molecule has 6 heteroatoms. The Hall–Kier alpha value is -1.11. The SMILES string of the molecule is CC(N)c1ccnc(N)c1B1OC(C)(C)C(C)(C)O1. The van der Waals surface area contributed by atoms with E-state index in [4.69, 9.17) is 20.8 Å². The number of hydrogen-bond acceptors (Lipinski definition) is 5. The maximum absolute atomic E-state index is 6.02. The fourth-order valence-electron chi connectivity index (χ4n) is 2.12. The van der Waals surface area contributed by atoms with E-state index in [1.54, 1.807) is 6.20 Å². The van der Waals surface area contributed by atoms with Crippen LogP contribution < -0.4 is 16.9 Å². The van der Waals surface area contributed by atoms with E-state index >= 15 is 0 Å². The minimum absolute atomic E-state index is 0.153. The average Bonchev–Trinajstić information content (AvgIpc) is 2.47. The van der Waals surface area contributed by atoms with Gasteiger partial charge in [-0.3, -0.25) is 0 Å². The molecule has 104 valence electrons. The highest BCUT2D eigenvalue weighted by molar-refractivity contribution is 6.64. The van der Waals surface area contributed by atoms with Gasteiger partial charge in [0.25, 0.3) is 0 Å². The van der Waals surface area contributed by atoms with Crippen LogP contribution in [0.5, 0.6) is 0 Å². The quantitative estimate of drug-likeness (QED) is 0.777. The molecule has 0 saturated carbocycles. The maximum atomic E-state index is 6.02. The van der Waals surface area contributed by atoms with Crippen molar-refractivity contribution in [1.29, 1.82) is 0 Å². The fraction of sp³-hybridized carbons (Fsp3) is 0.615. The van der Waals surface area contributed by atoms with E-state index in [0.29, 0.717) is 5.82 Å². The highest BCUT2D eigenvalue weighted by atomic mass is 16.7. The lowest BCUT2D eigenvalue weighted by Crippen LogP contribution is -2.41. The summed E-state index contributed by atoms with van der Waals surface area (Å²) in [7, 11) is -0.528. The van der Waals surface area contributed by atoms with Crippen molar-refractivity contribution >= 4 is 18.4 Å². The molecule has 0 amide bonds.